The number of carbonyl (C=O) groups is 2. The molecule has 0 bridgehead atoms. The summed E-state index contributed by atoms with van der Waals surface area (Å²) in [6.45, 7) is 5.60. The van der Waals surface area contributed by atoms with E-state index in [1.165, 1.54) is 51.4 Å². The van der Waals surface area contributed by atoms with Gasteiger partial charge in [-0.25, -0.2) is 0 Å². The summed E-state index contributed by atoms with van der Waals surface area (Å²) in [4.78, 5) is 29.1. The third-order valence-corrected chi connectivity index (χ3v) is 6.04. The van der Waals surface area contributed by atoms with Crippen LogP contribution in [0.25, 0.3) is 0 Å². The Hall–Kier alpha value is -1.06. The predicted octanol–water partition coefficient (Wildman–Crippen LogP) is 4.77. The molecule has 2 aliphatic rings. The topological polar surface area (TPSA) is 40.6 Å². The highest BCUT2D eigenvalue weighted by molar-refractivity contribution is 5.81. The number of unbranched alkanes of at least 4 members (excludes halogenated alkanes) is 8. The number of hydrogen-bond donors (Lipinski definition) is 0. The van der Waals surface area contributed by atoms with Crippen LogP contribution in [0.3, 0.4) is 0 Å². The predicted molar refractivity (Wildman–Crippen MR) is 107 cm³/mol. The van der Waals surface area contributed by atoms with Gasteiger partial charge in [0.25, 0.3) is 0 Å². The molecule has 0 aromatic carbocycles. The average molecular weight is 365 g/mol. The standard InChI is InChI=1S/C22H40N2O2/c1-2-3-4-5-6-7-8-9-10-15-21(25)24-18-13-14-20(19-24)22(26)23-16-11-12-17-23/h20H,2-19H2,1H3. The fourth-order valence-corrected chi connectivity index (χ4v) is 4.35. The van der Waals surface area contributed by atoms with Crippen LogP contribution < -0.4 is 0 Å². The monoisotopic (exact) mass is 364 g/mol. The van der Waals surface area contributed by atoms with Crippen molar-refractivity contribution in [3.8, 4) is 0 Å². The highest BCUT2D eigenvalue weighted by atomic mass is 16.2. The summed E-state index contributed by atoms with van der Waals surface area (Å²) in [7, 11) is 0. The number of likely N-dealkylation sites (tertiary alicyclic amines) is 2. The molecule has 1 unspecified atom stereocenters. The molecule has 2 saturated heterocycles. The molecular weight excluding hydrogens is 324 g/mol. The van der Waals surface area contributed by atoms with Gasteiger partial charge in [-0.15, -0.1) is 0 Å². The summed E-state index contributed by atoms with van der Waals surface area (Å²) < 4.78 is 0. The number of nitrogens with zero attached hydrogens (tertiary/aromatic N) is 2. The summed E-state index contributed by atoms with van der Waals surface area (Å²) in [5.41, 5.74) is 0. The van der Waals surface area contributed by atoms with Crippen molar-refractivity contribution >= 4 is 11.8 Å². The maximum Gasteiger partial charge on any atom is 0.227 e. The van der Waals surface area contributed by atoms with E-state index < -0.39 is 0 Å². The molecule has 4 nitrogen and oxygen atoms in total. The normalized spacial score (nSPS) is 20.6. The Morgan fingerprint density at radius 3 is 2.00 bits per heavy atom. The summed E-state index contributed by atoms with van der Waals surface area (Å²) in [6.07, 6.45) is 16.4. The van der Waals surface area contributed by atoms with Gasteiger partial charge in [0.05, 0.1) is 5.92 Å². The van der Waals surface area contributed by atoms with Crippen molar-refractivity contribution in [3.05, 3.63) is 0 Å². The maximum absolute atomic E-state index is 12.6. The molecule has 0 saturated carbocycles. The maximum atomic E-state index is 12.6. The lowest BCUT2D eigenvalue weighted by Crippen LogP contribution is -2.46. The van der Waals surface area contributed by atoms with Crippen molar-refractivity contribution in [3.63, 3.8) is 0 Å². The van der Waals surface area contributed by atoms with Crippen molar-refractivity contribution in [1.82, 2.24) is 9.80 Å². The van der Waals surface area contributed by atoms with Crippen LogP contribution in [-0.2, 0) is 9.59 Å². The summed E-state index contributed by atoms with van der Waals surface area (Å²) in [6, 6.07) is 0. The van der Waals surface area contributed by atoms with Crippen molar-refractivity contribution in [2.75, 3.05) is 26.2 Å². The Bertz CT molecular complexity index is 418. The number of carbonyl (C=O) groups excluding carboxylic acids is 2. The van der Waals surface area contributed by atoms with Crippen LogP contribution in [0.1, 0.15) is 96.8 Å². The fourth-order valence-electron chi connectivity index (χ4n) is 4.35. The SMILES string of the molecule is CCCCCCCCCCCC(=O)N1CCCC(C(=O)N2CCCC2)C1. The van der Waals surface area contributed by atoms with Crippen LogP contribution in [0.5, 0.6) is 0 Å². The largest absolute Gasteiger partial charge is 0.342 e. The minimum atomic E-state index is 0.0499. The first-order chi connectivity index (χ1) is 12.7. The molecular formula is C22H40N2O2. The zero-order valence-corrected chi connectivity index (χ0v) is 17.0. The number of piperidine rings is 1. The highest BCUT2D eigenvalue weighted by Crippen LogP contribution is 2.22. The molecule has 2 amide bonds. The quantitative estimate of drug-likeness (QED) is 0.496. The van der Waals surface area contributed by atoms with Gasteiger partial charge >= 0.3 is 0 Å². The van der Waals surface area contributed by atoms with Crippen molar-refractivity contribution in [1.29, 1.82) is 0 Å². The number of hydrogen-bond acceptors (Lipinski definition) is 2. The van der Waals surface area contributed by atoms with E-state index in [0.29, 0.717) is 18.9 Å². The molecule has 2 fully saturated rings. The van der Waals surface area contributed by atoms with Crippen molar-refractivity contribution in [2.45, 2.75) is 96.8 Å². The molecule has 4 heteroatoms. The van der Waals surface area contributed by atoms with E-state index in [0.717, 1.165) is 51.7 Å². The van der Waals surface area contributed by atoms with E-state index in [2.05, 4.69) is 6.92 Å². The zero-order chi connectivity index (χ0) is 18.6. The van der Waals surface area contributed by atoms with Gasteiger partial charge < -0.3 is 9.80 Å². The third kappa shape index (κ3) is 7.28. The van der Waals surface area contributed by atoms with Gasteiger partial charge in [0, 0.05) is 32.6 Å². The van der Waals surface area contributed by atoms with Crippen molar-refractivity contribution < 1.29 is 9.59 Å². The second-order valence-corrected chi connectivity index (χ2v) is 8.29. The van der Waals surface area contributed by atoms with E-state index in [-0.39, 0.29) is 11.8 Å². The second-order valence-electron chi connectivity index (χ2n) is 8.29. The molecule has 1 atom stereocenters. The Morgan fingerprint density at radius 1 is 0.769 bits per heavy atom. The van der Waals surface area contributed by atoms with Crippen LogP contribution in [0, 0.1) is 5.92 Å². The van der Waals surface area contributed by atoms with Crippen LogP contribution in [0.4, 0.5) is 0 Å². The van der Waals surface area contributed by atoms with Gasteiger partial charge in [0.15, 0.2) is 0 Å². The van der Waals surface area contributed by atoms with E-state index in [9.17, 15) is 9.59 Å². The Kier molecular flexibility index (Phi) is 10.1. The molecule has 0 aromatic heterocycles. The molecule has 150 valence electrons. The zero-order valence-electron chi connectivity index (χ0n) is 17.0. The van der Waals surface area contributed by atoms with Crippen LogP contribution in [0.2, 0.25) is 0 Å². The molecule has 0 spiro atoms. The summed E-state index contributed by atoms with van der Waals surface area (Å²) in [5.74, 6) is 0.615. The van der Waals surface area contributed by atoms with Gasteiger partial charge in [0.1, 0.15) is 0 Å². The number of amides is 2. The van der Waals surface area contributed by atoms with Gasteiger partial charge in [-0.3, -0.25) is 9.59 Å². The molecule has 0 radical (unpaired) electrons. The van der Waals surface area contributed by atoms with E-state index in [1.54, 1.807) is 0 Å². The summed E-state index contributed by atoms with van der Waals surface area (Å²) >= 11 is 0. The smallest absolute Gasteiger partial charge is 0.227 e. The highest BCUT2D eigenvalue weighted by Gasteiger charge is 2.31. The lowest BCUT2D eigenvalue weighted by molar-refractivity contribution is -0.140. The summed E-state index contributed by atoms with van der Waals surface area (Å²) in [5, 5.41) is 0. The molecule has 2 heterocycles. The molecule has 0 N–H and O–H groups in total. The van der Waals surface area contributed by atoms with Crippen LogP contribution in [0.15, 0.2) is 0 Å². The Balaban J connectivity index is 1.56. The molecule has 0 aliphatic carbocycles. The second kappa shape index (κ2) is 12.3. The van der Waals surface area contributed by atoms with Crippen molar-refractivity contribution in [2.24, 2.45) is 5.92 Å². The van der Waals surface area contributed by atoms with Crippen LogP contribution in [-0.4, -0.2) is 47.8 Å². The minimum absolute atomic E-state index is 0.0499. The van der Waals surface area contributed by atoms with Gasteiger partial charge in [0.2, 0.25) is 11.8 Å². The lowest BCUT2D eigenvalue weighted by Gasteiger charge is -2.34. The fraction of sp³-hybridized carbons (Fsp3) is 0.909. The average Bonchev–Trinajstić information content (AvgIpc) is 3.21. The Morgan fingerprint density at radius 2 is 1.35 bits per heavy atom. The van der Waals surface area contributed by atoms with E-state index in [4.69, 9.17) is 0 Å². The molecule has 2 rings (SSSR count). The molecule has 26 heavy (non-hydrogen) atoms. The molecule has 0 aromatic rings. The van der Waals surface area contributed by atoms with Crippen LogP contribution >= 0.6 is 0 Å². The first-order valence-corrected chi connectivity index (χ1v) is 11.3. The first kappa shape index (κ1) is 21.2. The first-order valence-electron chi connectivity index (χ1n) is 11.3. The molecule has 2 aliphatic heterocycles. The lowest BCUT2D eigenvalue weighted by atomic mass is 9.96. The van der Waals surface area contributed by atoms with Gasteiger partial charge in [-0.1, -0.05) is 58.3 Å². The Labute approximate surface area is 160 Å². The number of rotatable bonds is 11. The van der Waals surface area contributed by atoms with Gasteiger partial charge in [-0.05, 0) is 32.1 Å². The van der Waals surface area contributed by atoms with E-state index in [1.807, 2.05) is 9.80 Å². The van der Waals surface area contributed by atoms with E-state index >= 15 is 0 Å². The minimum Gasteiger partial charge on any atom is -0.342 e. The third-order valence-electron chi connectivity index (χ3n) is 6.04. The van der Waals surface area contributed by atoms with Gasteiger partial charge in [-0.2, -0.15) is 0 Å².